The van der Waals surface area contributed by atoms with Gasteiger partial charge in [0.25, 0.3) is 5.78 Å². The molecule has 1 unspecified atom stereocenters. The van der Waals surface area contributed by atoms with Crippen LogP contribution in [0.3, 0.4) is 0 Å². The fraction of sp³-hybridized carbons (Fsp3) is 0.189. The van der Waals surface area contributed by atoms with Gasteiger partial charge in [-0.1, -0.05) is 83.2 Å². The van der Waals surface area contributed by atoms with Crippen molar-refractivity contribution < 1.29 is 28.9 Å². The molecule has 12 heteroatoms. The highest BCUT2D eigenvalue weighted by Gasteiger charge is 2.48. The number of aliphatic hydroxyl groups is 1. The van der Waals surface area contributed by atoms with Gasteiger partial charge in [-0.3, -0.25) is 14.5 Å². The van der Waals surface area contributed by atoms with Crippen LogP contribution in [0.1, 0.15) is 40.8 Å². The summed E-state index contributed by atoms with van der Waals surface area (Å²) >= 11 is 8.92. The third-order valence-corrected chi connectivity index (χ3v) is 10.4. The van der Waals surface area contributed by atoms with E-state index < -0.39 is 17.7 Å². The fourth-order valence-corrected chi connectivity index (χ4v) is 7.54. The Morgan fingerprint density at radius 3 is 2.39 bits per heavy atom. The Bertz CT molecular complexity index is 2030. The van der Waals surface area contributed by atoms with Crippen LogP contribution in [0.4, 0.5) is 5.13 Å². The van der Waals surface area contributed by atoms with Crippen LogP contribution in [0.25, 0.3) is 5.76 Å². The lowest BCUT2D eigenvalue weighted by atomic mass is 9.95. The molecular weight excluding hydrogens is 682 g/mol. The number of ketones is 1. The van der Waals surface area contributed by atoms with Crippen LogP contribution in [-0.2, 0) is 21.9 Å². The Labute approximate surface area is 297 Å². The highest BCUT2D eigenvalue weighted by atomic mass is 35.5. The molecule has 0 aliphatic carbocycles. The molecule has 2 heterocycles. The first-order valence-corrected chi connectivity index (χ1v) is 17.6. The van der Waals surface area contributed by atoms with Gasteiger partial charge in [-0.2, -0.15) is 0 Å². The van der Waals surface area contributed by atoms with E-state index in [1.807, 2.05) is 62.4 Å². The predicted octanol–water partition coefficient (Wildman–Crippen LogP) is 8.40. The summed E-state index contributed by atoms with van der Waals surface area (Å²) in [5, 5.41) is 21.1. The molecule has 0 radical (unpaired) electrons. The molecule has 49 heavy (non-hydrogen) atoms. The van der Waals surface area contributed by atoms with Gasteiger partial charge in [0.05, 0.1) is 25.3 Å². The van der Waals surface area contributed by atoms with Gasteiger partial charge in [0, 0.05) is 16.3 Å². The number of hydrogen-bond acceptors (Lipinski definition) is 10. The van der Waals surface area contributed by atoms with Crippen LogP contribution in [0.15, 0.2) is 101 Å². The number of aryl methyl sites for hydroxylation is 1. The Morgan fingerprint density at radius 2 is 1.67 bits per heavy atom. The summed E-state index contributed by atoms with van der Waals surface area (Å²) in [5.41, 5.74) is 3.87. The van der Waals surface area contributed by atoms with Crippen molar-refractivity contribution in [3.8, 4) is 17.2 Å². The van der Waals surface area contributed by atoms with Gasteiger partial charge >= 0.3 is 5.91 Å². The Morgan fingerprint density at radius 1 is 0.939 bits per heavy atom. The van der Waals surface area contributed by atoms with E-state index >= 15 is 0 Å². The molecule has 1 amide bonds. The molecule has 4 aromatic carbocycles. The molecule has 5 aromatic rings. The van der Waals surface area contributed by atoms with Crippen molar-refractivity contribution >= 4 is 57.3 Å². The van der Waals surface area contributed by atoms with Crippen LogP contribution in [0.2, 0.25) is 5.02 Å². The van der Waals surface area contributed by atoms with E-state index in [2.05, 4.69) is 10.2 Å². The summed E-state index contributed by atoms with van der Waals surface area (Å²) < 4.78 is 17.9. The lowest BCUT2D eigenvalue weighted by molar-refractivity contribution is -0.132. The highest BCUT2D eigenvalue weighted by molar-refractivity contribution is 8.00. The summed E-state index contributed by atoms with van der Waals surface area (Å²) in [7, 11) is 1.51. The van der Waals surface area contributed by atoms with E-state index in [1.54, 1.807) is 42.5 Å². The maximum atomic E-state index is 13.8. The second kappa shape index (κ2) is 15.1. The first-order valence-electron chi connectivity index (χ1n) is 15.4. The summed E-state index contributed by atoms with van der Waals surface area (Å²) in [5.74, 6) is 0.0180. The van der Waals surface area contributed by atoms with Crippen molar-refractivity contribution in [2.75, 3.05) is 18.6 Å². The average molecular weight is 714 g/mol. The minimum Gasteiger partial charge on any atom is -0.507 e. The predicted molar refractivity (Wildman–Crippen MR) is 192 cm³/mol. The zero-order valence-electron chi connectivity index (χ0n) is 26.9. The number of methoxy groups -OCH3 is 1. The number of amides is 1. The van der Waals surface area contributed by atoms with Gasteiger partial charge in [0.2, 0.25) is 5.13 Å². The van der Waals surface area contributed by atoms with Crippen LogP contribution in [0, 0.1) is 6.92 Å². The second-order valence-electron chi connectivity index (χ2n) is 11.0. The van der Waals surface area contributed by atoms with Crippen molar-refractivity contribution in [3.05, 3.63) is 129 Å². The fourth-order valence-electron chi connectivity index (χ4n) is 5.39. The Hall–Kier alpha value is -4.84. The summed E-state index contributed by atoms with van der Waals surface area (Å²) in [4.78, 5) is 28.8. The molecule has 0 spiro atoms. The minimum absolute atomic E-state index is 0.0923. The molecule has 1 aliphatic rings. The van der Waals surface area contributed by atoms with Gasteiger partial charge in [0.1, 0.15) is 18.1 Å². The SMILES string of the molecule is CCOc1ccc(C2C(=C(O)c3ccc(OCc4ccccc4C)cc3)C(=O)C(=O)N2c2nnc(SCc3ccccc3Cl)s2)cc1OC. The number of aromatic nitrogens is 2. The zero-order chi connectivity index (χ0) is 34.5. The van der Waals surface area contributed by atoms with Crippen molar-refractivity contribution in [3.63, 3.8) is 0 Å². The largest absolute Gasteiger partial charge is 0.507 e. The van der Waals surface area contributed by atoms with Crippen LogP contribution < -0.4 is 19.1 Å². The van der Waals surface area contributed by atoms with E-state index in [0.717, 1.165) is 16.7 Å². The standard InChI is InChI=1S/C37H32ClN3O6S2/c1-4-46-29-18-15-24(19-30(29)45-3)32-31(33(42)23-13-16-27(17-14-23)47-20-25-10-6-5-9-22(25)2)34(43)35(44)41(32)36-39-40-37(49-36)48-21-26-11-7-8-12-28(26)38/h5-19,32,42H,4,20-21H2,1-3H3. The van der Waals surface area contributed by atoms with Gasteiger partial charge < -0.3 is 19.3 Å². The van der Waals surface area contributed by atoms with E-state index in [0.29, 0.717) is 56.7 Å². The van der Waals surface area contributed by atoms with E-state index in [4.69, 9.17) is 25.8 Å². The maximum absolute atomic E-state index is 13.8. The topological polar surface area (TPSA) is 111 Å². The maximum Gasteiger partial charge on any atom is 0.301 e. The number of aliphatic hydroxyl groups excluding tert-OH is 1. The number of thioether (sulfide) groups is 1. The number of nitrogens with zero attached hydrogens (tertiary/aromatic N) is 3. The van der Waals surface area contributed by atoms with Gasteiger partial charge in [-0.25, -0.2) is 0 Å². The number of carbonyl (C=O) groups excluding carboxylic acids is 2. The molecule has 0 bridgehead atoms. The van der Waals surface area contributed by atoms with Crippen molar-refractivity contribution in [2.45, 2.75) is 36.6 Å². The molecule has 0 saturated carbocycles. The molecule has 6 rings (SSSR count). The van der Waals surface area contributed by atoms with E-state index in [1.165, 1.54) is 35.1 Å². The molecular formula is C37H32ClN3O6S2. The Balaban J connectivity index is 1.35. The van der Waals surface area contributed by atoms with Gasteiger partial charge in [0.15, 0.2) is 15.8 Å². The number of hydrogen-bond donors (Lipinski definition) is 1. The van der Waals surface area contributed by atoms with E-state index in [-0.39, 0.29) is 16.5 Å². The Kier molecular flexibility index (Phi) is 10.5. The average Bonchev–Trinajstić information content (AvgIpc) is 3.69. The third-order valence-electron chi connectivity index (χ3n) is 7.94. The normalized spacial score (nSPS) is 15.4. The third kappa shape index (κ3) is 7.29. The number of halogens is 1. The molecule has 250 valence electrons. The number of rotatable bonds is 12. The molecule has 1 fully saturated rings. The number of Topliss-reactive ketones (excluding diaryl/α,β-unsaturated/α-hetero) is 1. The van der Waals surface area contributed by atoms with E-state index in [9.17, 15) is 14.7 Å². The molecule has 1 saturated heterocycles. The second-order valence-corrected chi connectivity index (χ2v) is 13.6. The quantitative estimate of drug-likeness (QED) is 0.0448. The van der Waals surface area contributed by atoms with Crippen molar-refractivity contribution in [2.24, 2.45) is 0 Å². The summed E-state index contributed by atoms with van der Waals surface area (Å²) in [6, 6.07) is 26.3. The molecule has 1 atom stereocenters. The lowest BCUT2D eigenvalue weighted by Gasteiger charge is -2.23. The first-order chi connectivity index (χ1) is 23.8. The minimum atomic E-state index is -1.03. The van der Waals surface area contributed by atoms with Crippen molar-refractivity contribution in [1.29, 1.82) is 0 Å². The number of benzene rings is 4. The molecule has 1 N–H and O–H groups in total. The number of anilines is 1. The summed E-state index contributed by atoms with van der Waals surface area (Å²) in [6.07, 6.45) is 0. The van der Waals surface area contributed by atoms with Gasteiger partial charge in [-0.05, 0) is 78.6 Å². The molecule has 1 aliphatic heterocycles. The molecule has 9 nitrogen and oxygen atoms in total. The monoisotopic (exact) mass is 713 g/mol. The van der Waals surface area contributed by atoms with Gasteiger partial charge in [-0.15, -0.1) is 10.2 Å². The lowest BCUT2D eigenvalue weighted by Crippen LogP contribution is -2.29. The number of ether oxygens (including phenoxy) is 3. The van der Waals surface area contributed by atoms with Crippen LogP contribution in [0.5, 0.6) is 17.2 Å². The summed E-state index contributed by atoms with van der Waals surface area (Å²) in [6.45, 7) is 4.67. The van der Waals surface area contributed by atoms with Crippen LogP contribution in [-0.4, -0.2) is 40.7 Å². The molecule has 1 aromatic heterocycles. The highest BCUT2D eigenvalue weighted by Crippen LogP contribution is 2.46. The van der Waals surface area contributed by atoms with Crippen molar-refractivity contribution in [1.82, 2.24) is 10.2 Å². The first kappa shape index (κ1) is 34.0. The number of carbonyl (C=O) groups is 2. The smallest absolute Gasteiger partial charge is 0.301 e. The van der Waals surface area contributed by atoms with Crippen LogP contribution >= 0.6 is 34.7 Å². The zero-order valence-corrected chi connectivity index (χ0v) is 29.3.